The molecule has 3 rings (SSSR count). The van der Waals surface area contributed by atoms with Crippen LogP contribution in [-0.2, 0) is 6.42 Å². The van der Waals surface area contributed by atoms with Gasteiger partial charge in [-0.05, 0) is 26.8 Å². The molecule has 0 atom stereocenters. The Morgan fingerprint density at radius 1 is 1.18 bits per heavy atom. The number of hydrogen-bond donors (Lipinski definition) is 2. The molecule has 0 bridgehead atoms. The van der Waals surface area contributed by atoms with Gasteiger partial charge in [0.1, 0.15) is 11.6 Å². The molecule has 0 aliphatic rings. The highest BCUT2D eigenvalue weighted by Crippen LogP contribution is 2.13. The molecule has 0 saturated carbocycles. The summed E-state index contributed by atoms with van der Waals surface area (Å²) in [5.74, 6) is 2.30. The summed E-state index contributed by atoms with van der Waals surface area (Å²) in [7, 11) is 0. The maximum atomic E-state index is 4.47. The van der Waals surface area contributed by atoms with E-state index in [0.717, 1.165) is 41.7 Å². The molecule has 3 heterocycles. The predicted octanol–water partition coefficient (Wildman–Crippen LogP) is 1.97. The highest BCUT2D eigenvalue weighted by molar-refractivity contribution is 5.42. The minimum Gasteiger partial charge on any atom is -0.370 e. The van der Waals surface area contributed by atoms with E-state index in [1.54, 1.807) is 6.33 Å². The predicted molar refractivity (Wildman–Crippen MR) is 84.1 cm³/mol. The molecule has 0 radical (unpaired) electrons. The Bertz CT molecular complexity index is 758. The third-order valence-electron chi connectivity index (χ3n) is 3.31. The number of aromatic amines is 1. The zero-order valence-corrected chi connectivity index (χ0v) is 13.0. The lowest BCUT2D eigenvalue weighted by Crippen LogP contribution is -2.10. The number of imidazole rings is 1. The Kier molecular flexibility index (Phi) is 3.86. The van der Waals surface area contributed by atoms with Gasteiger partial charge in [0.05, 0.1) is 12.0 Å². The molecule has 2 N–H and O–H groups in total. The largest absolute Gasteiger partial charge is 0.370 e. The first-order valence-corrected chi connectivity index (χ1v) is 7.22. The molecule has 3 aromatic heterocycles. The van der Waals surface area contributed by atoms with Gasteiger partial charge in [0.15, 0.2) is 5.82 Å². The second kappa shape index (κ2) is 5.97. The number of nitrogens with one attached hydrogen (secondary N) is 2. The van der Waals surface area contributed by atoms with Crippen LogP contribution in [0.2, 0.25) is 0 Å². The van der Waals surface area contributed by atoms with Crippen LogP contribution in [0.25, 0.3) is 5.82 Å². The molecule has 0 aliphatic carbocycles. The van der Waals surface area contributed by atoms with E-state index < -0.39 is 0 Å². The Morgan fingerprint density at radius 2 is 2.05 bits per heavy atom. The molecule has 0 spiro atoms. The van der Waals surface area contributed by atoms with E-state index >= 15 is 0 Å². The molecule has 7 nitrogen and oxygen atoms in total. The van der Waals surface area contributed by atoms with Gasteiger partial charge in [-0.25, -0.2) is 19.6 Å². The second-order valence-electron chi connectivity index (χ2n) is 5.25. The summed E-state index contributed by atoms with van der Waals surface area (Å²) in [6, 6.07) is 3.95. The first kappa shape index (κ1) is 14.2. The highest BCUT2D eigenvalue weighted by Gasteiger charge is 2.08. The van der Waals surface area contributed by atoms with Crippen LogP contribution in [0.15, 0.2) is 24.7 Å². The topological polar surface area (TPSA) is 84.3 Å². The van der Waals surface area contributed by atoms with Crippen molar-refractivity contribution >= 4 is 5.82 Å². The van der Waals surface area contributed by atoms with Gasteiger partial charge in [-0.3, -0.25) is 0 Å². The molecule has 0 aliphatic heterocycles. The lowest BCUT2D eigenvalue weighted by atomic mass is 10.3. The highest BCUT2D eigenvalue weighted by atomic mass is 15.3. The fraction of sp³-hybridized carbons (Fsp3) is 0.333. The minimum absolute atomic E-state index is 0.717. The first-order chi connectivity index (χ1) is 10.6. The van der Waals surface area contributed by atoms with Crippen molar-refractivity contribution in [1.82, 2.24) is 29.7 Å². The van der Waals surface area contributed by atoms with Crippen molar-refractivity contribution in [3.8, 4) is 5.82 Å². The molecule has 22 heavy (non-hydrogen) atoms. The van der Waals surface area contributed by atoms with Gasteiger partial charge < -0.3 is 10.3 Å². The zero-order chi connectivity index (χ0) is 15.5. The lowest BCUT2D eigenvalue weighted by Gasteiger charge is -2.09. The van der Waals surface area contributed by atoms with Gasteiger partial charge >= 0.3 is 0 Å². The summed E-state index contributed by atoms with van der Waals surface area (Å²) >= 11 is 0. The van der Waals surface area contributed by atoms with Crippen molar-refractivity contribution in [3.63, 3.8) is 0 Å². The van der Waals surface area contributed by atoms with Crippen molar-refractivity contribution in [2.75, 3.05) is 11.9 Å². The fourth-order valence-electron chi connectivity index (χ4n) is 2.36. The van der Waals surface area contributed by atoms with Crippen LogP contribution in [0.3, 0.4) is 0 Å². The van der Waals surface area contributed by atoms with Gasteiger partial charge in [0.2, 0.25) is 0 Å². The molecule has 0 aromatic carbocycles. The van der Waals surface area contributed by atoms with Crippen molar-refractivity contribution in [2.24, 2.45) is 0 Å². The molecular formula is C15H19N7. The van der Waals surface area contributed by atoms with E-state index in [4.69, 9.17) is 0 Å². The van der Waals surface area contributed by atoms with Gasteiger partial charge in [0.25, 0.3) is 0 Å². The van der Waals surface area contributed by atoms with Crippen molar-refractivity contribution in [1.29, 1.82) is 0 Å². The van der Waals surface area contributed by atoms with Crippen LogP contribution in [0.4, 0.5) is 5.82 Å². The third kappa shape index (κ3) is 3.13. The van der Waals surface area contributed by atoms with Crippen LogP contribution in [0.1, 0.15) is 22.9 Å². The van der Waals surface area contributed by atoms with E-state index in [-0.39, 0.29) is 0 Å². The summed E-state index contributed by atoms with van der Waals surface area (Å²) in [5, 5.41) is 7.79. The Labute approximate surface area is 128 Å². The molecule has 7 heteroatoms. The Morgan fingerprint density at radius 3 is 2.73 bits per heavy atom. The lowest BCUT2D eigenvalue weighted by molar-refractivity contribution is 0.792. The van der Waals surface area contributed by atoms with Crippen molar-refractivity contribution in [2.45, 2.75) is 27.2 Å². The molecule has 0 saturated heterocycles. The zero-order valence-electron chi connectivity index (χ0n) is 13.0. The molecule has 0 fully saturated rings. The number of H-pyrrole nitrogens is 1. The average molecular weight is 297 g/mol. The molecule has 114 valence electrons. The maximum Gasteiger partial charge on any atom is 0.159 e. The summed E-state index contributed by atoms with van der Waals surface area (Å²) in [4.78, 5) is 16.0. The van der Waals surface area contributed by atoms with Crippen LogP contribution in [-0.4, -0.2) is 36.3 Å². The van der Waals surface area contributed by atoms with E-state index in [2.05, 4.69) is 30.4 Å². The number of aryl methyl sites for hydroxylation is 3. The van der Waals surface area contributed by atoms with Crippen molar-refractivity contribution < 1.29 is 0 Å². The standard InChI is InChI=1S/C15H19N7/c1-10-6-11(2)22(21-10)15-7-14(19-12(3)20-15)17-5-4-13-8-16-9-18-13/h6-9H,4-5H2,1-3H3,(H,16,18)(H,17,19,20). The fourth-order valence-corrected chi connectivity index (χ4v) is 2.36. The normalized spacial score (nSPS) is 10.9. The number of rotatable bonds is 5. The number of anilines is 1. The van der Waals surface area contributed by atoms with Gasteiger partial charge in [-0.15, -0.1) is 0 Å². The molecule has 0 unspecified atom stereocenters. The van der Waals surface area contributed by atoms with Crippen LogP contribution in [0, 0.1) is 20.8 Å². The summed E-state index contributed by atoms with van der Waals surface area (Å²) in [5.41, 5.74) is 3.12. The second-order valence-corrected chi connectivity index (χ2v) is 5.25. The third-order valence-corrected chi connectivity index (χ3v) is 3.31. The average Bonchev–Trinajstić information content (AvgIpc) is 3.08. The summed E-state index contributed by atoms with van der Waals surface area (Å²) in [6.45, 7) is 6.65. The SMILES string of the molecule is Cc1cc(C)n(-c2cc(NCCc3cnc[nH]3)nc(C)n2)n1. The van der Waals surface area contributed by atoms with E-state index in [1.165, 1.54) is 0 Å². The number of hydrogen-bond acceptors (Lipinski definition) is 5. The van der Waals surface area contributed by atoms with Gasteiger partial charge in [0, 0.05) is 36.6 Å². The summed E-state index contributed by atoms with van der Waals surface area (Å²) < 4.78 is 1.84. The van der Waals surface area contributed by atoms with E-state index in [9.17, 15) is 0 Å². The van der Waals surface area contributed by atoms with Gasteiger partial charge in [-0.2, -0.15) is 5.10 Å². The smallest absolute Gasteiger partial charge is 0.159 e. The Balaban J connectivity index is 1.76. The molecular weight excluding hydrogens is 278 g/mol. The van der Waals surface area contributed by atoms with Gasteiger partial charge in [-0.1, -0.05) is 0 Å². The molecule has 0 amide bonds. The molecule has 3 aromatic rings. The summed E-state index contributed by atoms with van der Waals surface area (Å²) in [6.07, 6.45) is 4.37. The van der Waals surface area contributed by atoms with E-state index in [0.29, 0.717) is 5.82 Å². The quantitative estimate of drug-likeness (QED) is 0.752. The monoisotopic (exact) mass is 297 g/mol. The van der Waals surface area contributed by atoms with Crippen LogP contribution < -0.4 is 5.32 Å². The van der Waals surface area contributed by atoms with Crippen LogP contribution >= 0.6 is 0 Å². The Hall–Kier alpha value is -2.70. The van der Waals surface area contributed by atoms with E-state index in [1.807, 2.05) is 43.8 Å². The maximum absolute atomic E-state index is 4.47. The first-order valence-electron chi connectivity index (χ1n) is 7.22. The van der Waals surface area contributed by atoms with Crippen LogP contribution in [0.5, 0.6) is 0 Å². The number of nitrogens with zero attached hydrogens (tertiary/aromatic N) is 5. The minimum atomic E-state index is 0.717. The number of aromatic nitrogens is 6. The van der Waals surface area contributed by atoms with Crippen molar-refractivity contribution in [3.05, 3.63) is 47.6 Å².